The molecule has 5 rings (SSSR count). The third-order valence-electron chi connectivity index (χ3n) is 6.73. The molecule has 178 valence electrons. The number of benzene rings is 2. The van der Waals surface area contributed by atoms with Crippen molar-refractivity contribution in [3.63, 3.8) is 0 Å². The molecule has 1 aliphatic rings. The van der Waals surface area contributed by atoms with E-state index in [9.17, 15) is 0 Å². The molecule has 3 heterocycles. The summed E-state index contributed by atoms with van der Waals surface area (Å²) < 4.78 is 30.2. The number of aromatic amines is 2. The number of piperazine rings is 1. The zero-order valence-electron chi connectivity index (χ0n) is 19.3. The third-order valence-corrected chi connectivity index (χ3v) is 6.73. The Kier molecular flexibility index (Phi) is 6.43. The Morgan fingerprint density at radius 3 is 2.53 bits per heavy atom. The van der Waals surface area contributed by atoms with Gasteiger partial charge in [0.05, 0.1) is 6.54 Å². The highest BCUT2D eigenvalue weighted by atomic mass is 19.3. The monoisotopic (exact) mass is 464 g/mol. The molecule has 1 fully saturated rings. The number of alkyl halides is 2. The van der Waals surface area contributed by atoms with Gasteiger partial charge < -0.3 is 9.88 Å². The normalized spacial score (nSPS) is 16.8. The second kappa shape index (κ2) is 9.64. The number of nitrogens with zero attached hydrogens (tertiary/aromatic N) is 4. The van der Waals surface area contributed by atoms with Crippen LogP contribution in [0.15, 0.2) is 61.1 Å². The van der Waals surface area contributed by atoms with Crippen LogP contribution in [0.4, 0.5) is 8.78 Å². The van der Waals surface area contributed by atoms with Gasteiger partial charge in [0.25, 0.3) is 5.92 Å². The first kappa shape index (κ1) is 22.7. The number of H-pyrrole nitrogens is 2. The van der Waals surface area contributed by atoms with Gasteiger partial charge in [0, 0.05) is 61.8 Å². The molecule has 0 radical (unpaired) electrons. The number of hydrogen-bond donors (Lipinski definition) is 2. The molecule has 4 aromatic rings. The van der Waals surface area contributed by atoms with Crippen LogP contribution < -0.4 is 0 Å². The van der Waals surface area contributed by atoms with Crippen LogP contribution >= 0.6 is 0 Å². The zero-order valence-corrected chi connectivity index (χ0v) is 19.3. The molecule has 2 aromatic carbocycles. The molecule has 1 unspecified atom stereocenters. The molecule has 1 atom stereocenters. The van der Waals surface area contributed by atoms with E-state index in [0.717, 1.165) is 36.1 Å². The number of hydrogen-bond acceptors (Lipinski definition) is 4. The maximum Gasteiger partial charge on any atom is 0.264 e. The number of nitrogens with one attached hydrogen (secondary N) is 2. The lowest BCUT2D eigenvalue weighted by atomic mass is 10.0. The molecule has 8 heteroatoms. The minimum Gasteiger partial charge on any atom is -0.361 e. The molecule has 1 aliphatic heterocycles. The van der Waals surface area contributed by atoms with Gasteiger partial charge in [0.15, 0.2) is 5.82 Å². The molecule has 0 spiro atoms. The van der Waals surface area contributed by atoms with Crippen molar-refractivity contribution in [1.82, 2.24) is 30.0 Å². The van der Waals surface area contributed by atoms with Crippen molar-refractivity contribution < 1.29 is 8.78 Å². The number of rotatable bonds is 8. The van der Waals surface area contributed by atoms with Crippen LogP contribution in [0.25, 0.3) is 22.3 Å². The van der Waals surface area contributed by atoms with E-state index in [1.165, 1.54) is 11.9 Å². The van der Waals surface area contributed by atoms with Crippen LogP contribution in [0, 0.1) is 0 Å². The Bertz CT molecular complexity index is 1200. The lowest BCUT2D eigenvalue weighted by molar-refractivity contribution is -0.0411. The van der Waals surface area contributed by atoms with E-state index in [1.807, 2.05) is 29.2 Å². The molecule has 0 saturated carbocycles. The van der Waals surface area contributed by atoms with Gasteiger partial charge in [-0.3, -0.25) is 10.00 Å². The maximum atomic E-state index is 15.1. The van der Waals surface area contributed by atoms with Gasteiger partial charge in [-0.15, -0.1) is 0 Å². The maximum absolute atomic E-state index is 15.1. The van der Waals surface area contributed by atoms with Crippen molar-refractivity contribution >= 4 is 10.9 Å². The van der Waals surface area contributed by atoms with Crippen molar-refractivity contribution in [3.05, 3.63) is 72.2 Å². The fourth-order valence-electron chi connectivity index (χ4n) is 4.88. The fourth-order valence-corrected chi connectivity index (χ4v) is 4.88. The van der Waals surface area contributed by atoms with E-state index in [-0.39, 0.29) is 13.0 Å². The highest BCUT2D eigenvalue weighted by molar-refractivity contribution is 5.87. The Balaban J connectivity index is 1.18. The average molecular weight is 465 g/mol. The molecule has 0 aliphatic carbocycles. The Morgan fingerprint density at radius 2 is 1.79 bits per heavy atom. The molecule has 0 amide bonds. The lowest BCUT2D eigenvalue weighted by Crippen LogP contribution is -2.50. The molecule has 1 saturated heterocycles. The van der Waals surface area contributed by atoms with Gasteiger partial charge in [-0.1, -0.05) is 37.3 Å². The summed E-state index contributed by atoms with van der Waals surface area (Å²) in [5.41, 5.74) is 3.61. The van der Waals surface area contributed by atoms with E-state index in [4.69, 9.17) is 0 Å². The smallest absolute Gasteiger partial charge is 0.264 e. The van der Waals surface area contributed by atoms with E-state index in [0.29, 0.717) is 30.4 Å². The highest BCUT2D eigenvalue weighted by Gasteiger charge is 2.34. The molecular weight excluding hydrogens is 434 g/mol. The minimum absolute atomic E-state index is 0.219. The van der Waals surface area contributed by atoms with Gasteiger partial charge >= 0.3 is 0 Å². The second-order valence-electron chi connectivity index (χ2n) is 9.33. The van der Waals surface area contributed by atoms with Gasteiger partial charge in [-0.25, -0.2) is 13.8 Å². The summed E-state index contributed by atoms with van der Waals surface area (Å²) >= 11 is 0. The predicted molar refractivity (Wildman–Crippen MR) is 130 cm³/mol. The number of fused-ring (bicyclic) bond motifs is 1. The lowest BCUT2D eigenvalue weighted by Gasteiger charge is -2.37. The Morgan fingerprint density at radius 1 is 1.03 bits per heavy atom. The second-order valence-corrected chi connectivity index (χ2v) is 9.33. The van der Waals surface area contributed by atoms with Crippen molar-refractivity contribution in [3.8, 4) is 11.4 Å². The Labute approximate surface area is 198 Å². The molecule has 6 nitrogen and oxygen atoms in total. The SMILES string of the molecule is CC(CN1CCN(CC(F)(F)Cc2c[nH]c3ccc(-c4ncn[nH]4)cc23)CC1)c1ccccc1. The topological polar surface area (TPSA) is 63.8 Å². The number of aromatic nitrogens is 4. The van der Waals surface area contributed by atoms with E-state index in [1.54, 1.807) is 6.20 Å². The van der Waals surface area contributed by atoms with Crippen molar-refractivity contribution in [2.24, 2.45) is 0 Å². The zero-order chi connectivity index (χ0) is 23.5. The predicted octanol–water partition coefficient (Wildman–Crippen LogP) is 4.55. The van der Waals surface area contributed by atoms with Crippen molar-refractivity contribution in [2.75, 3.05) is 39.3 Å². The van der Waals surface area contributed by atoms with Crippen molar-refractivity contribution in [1.29, 1.82) is 0 Å². The highest BCUT2D eigenvalue weighted by Crippen LogP contribution is 2.29. The van der Waals surface area contributed by atoms with Crippen LogP contribution in [0.3, 0.4) is 0 Å². The Hall–Kier alpha value is -3.10. The summed E-state index contributed by atoms with van der Waals surface area (Å²) in [4.78, 5) is 11.6. The van der Waals surface area contributed by atoms with Gasteiger partial charge in [-0.05, 0) is 35.2 Å². The quantitative estimate of drug-likeness (QED) is 0.402. The molecule has 2 aromatic heterocycles. The number of halogens is 2. The van der Waals surface area contributed by atoms with E-state index < -0.39 is 5.92 Å². The average Bonchev–Trinajstić information content (AvgIpc) is 3.51. The van der Waals surface area contributed by atoms with Crippen LogP contribution in [0.5, 0.6) is 0 Å². The van der Waals surface area contributed by atoms with Gasteiger partial charge in [0.2, 0.25) is 0 Å². The van der Waals surface area contributed by atoms with Gasteiger partial charge in [-0.2, -0.15) is 5.10 Å². The third kappa shape index (κ3) is 5.18. The van der Waals surface area contributed by atoms with Crippen LogP contribution in [0.1, 0.15) is 24.0 Å². The minimum atomic E-state index is -2.81. The first-order valence-electron chi connectivity index (χ1n) is 11.8. The van der Waals surface area contributed by atoms with E-state index in [2.05, 4.69) is 56.3 Å². The summed E-state index contributed by atoms with van der Waals surface area (Å²) in [6.07, 6.45) is 2.84. The summed E-state index contributed by atoms with van der Waals surface area (Å²) in [6.45, 7) is 5.94. The first-order valence-corrected chi connectivity index (χ1v) is 11.8. The molecular formula is C26H30F2N6. The van der Waals surface area contributed by atoms with Crippen LogP contribution in [0.2, 0.25) is 0 Å². The summed E-state index contributed by atoms with van der Waals surface area (Å²) in [5, 5.41) is 7.50. The first-order chi connectivity index (χ1) is 16.5. The molecule has 34 heavy (non-hydrogen) atoms. The van der Waals surface area contributed by atoms with Crippen LogP contribution in [-0.2, 0) is 6.42 Å². The molecule has 0 bridgehead atoms. The summed E-state index contributed by atoms with van der Waals surface area (Å²) in [7, 11) is 0. The van der Waals surface area contributed by atoms with Gasteiger partial charge in [0.1, 0.15) is 6.33 Å². The van der Waals surface area contributed by atoms with Crippen LogP contribution in [-0.4, -0.2) is 75.2 Å². The van der Waals surface area contributed by atoms with E-state index >= 15 is 8.78 Å². The molecule has 2 N–H and O–H groups in total. The summed E-state index contributed by atoms with van der Waals surface area (Å²) in [5.74, 6) is -1.75. The van der Waals surface area contributed by atoms with Crippen molar-refractivity contribution in [2.45, 2.75) is 25.2 Å². The standard InChI is InChI=1S/C26H30F2N6/c1-19(20-5-3-2-4-6-20)16-33-9-11-34(12-10-33)17-26(27,28)14-22-15-29-24-8-7-21(13-23(22)24)25-30-18-31-32-25/h2-8,13,15,18-19,29H,9-12,14,16-17H2,1H3,(H,30,31,32). The largest absolute Gasteiger partial charge is 0.361 e. The fraction of sp³-hybridized carbons (Fsp3) is 0.385. The summed E-state index contributed by atoms with van der Waals surface area (Å²) in [6, 6.07) is 16.2.